The van der Waals surface area contributed by atoms with Crippen LogP contribution in [0.3, 0.4) is 0 Å². The number of fused-ring (bicyclic) bond motifs is 1. The molecule has 23 heavy (non-hydrogen) atoms. The molecule has 2 heterocycles. The lowest BCUT2D eigenvalue weighted by Crippen LogP contribution is -2.20. The van der Waals surface area contributed by atoms with E-state index in [1.807, 2.05) is 32.9 Å². The maximum Gasteiger partial charge on any atom is 0.327 e. The molecule has 0 saturated heterocycles. The van der Waals surface area contributed by atoms with Crippen LogP contribution in [0.25, 0.3) is 22.3 Å². The summed E-state index contributed by atoms with van der Waals surface area (Å²) in [6.45, 7) is 7.63. The summed E-state index contributed by atoms with van der Waals surface area (Å²) < 4.78 is 15.6. The smallest absolute Gasteiger partial charge is 0.304 e. The predicted octanol–water partition coefficient (Wildman–Crippen LogP) is 4.12. The molecule has 0 radical (unpaired) electrons. The van der Waals surface area contributed by atoms with Crippen molar-refractivity contribution in [2.24, 2.45) is 0 Å². The van der Waals surface area contributed by atoms with Gasteiger partial charge in [0, 0.05) is 17.8 Å². The highest BCUT2D eigenvalue weighted by Crippen LogP contribution is 2.28. The first-order chi connectivity index (χ1) is 10.9. The van der Waals surface area contributed by atoms with Crippen molar-refractivity contribution in [1.29, 1.82) is 0 Å². The standard InChI is InChI=1S/C18H20FN3O/c1-5-11(3)22-17-16(21-18(22)23)8-13(9-20-17)14-6-10(2)7-15(19)12(14)4/h6-9,11H,5H2,1-4H3,(H,21,23)/t11-/m0/s1. The summed E-state index contributed by atoms with van der Waals surface area (Å²) in [6.07, 6.45) is 2.55. The number of hydrogen-bond acceptors (Lipinski definition) is 2. The third-order valence-electron chi connectivity index (χ3n) is 4.39. The number of nitrogens with zero attached hydrogens (tertiary/aromatic N) is 2. The van der Waals surface area contributed by atoms with Gasteiger partial charge in [-0.3, -0.25) is 4.57 Å². The minimum absolute atomic E-state index is 0.0766. The first-order valence-electron chi connectivity index (χ1n) is 7.79. The van der Waals surface area contributed by atoms with Gasteiger partial charge in [-0.15, -0.1) is 0 Å². The quantitative estimate of drug-likeness (QED) is 0.791. The maximum absolute atomic E-state index is 14.0. The van der Waals surface area contributed by atoms with Gasteiger partial charge >= 0.3 is 5.69 Å². The number of benzene rings is 1. The highest BCUT2D eigenvalue weighted by molar-refractivity contribution is 5.79. The highest BCUT2D eigenvalue weighted by Gasteiger charge is 2.15. The molecular weight excluding hydrogens is 293 g/mol. The van der Waals surface area contributed by atoms with E-state index in [2.05, 4.69) is 9.97 Å². The molecule has 2 aromatic heterocycles. The zero-order valence-corrected chi connectivity index (χ0v) is 13.8. The molecule has 5 heteroatoms. The second-order valence-corrected chi connectivity index (χ2v) is 6.07. The van der Waals surface area contributed by atoms with Crippen LogP contribution < -0.4 is 5.69 Å². The summed E-state index contributed by atoms with van der Waals surface area (Å²) in [6, 6.07) is 5.40. The van der Waals surface area contributed by atoms with Crippen molar-refractivity contribution in [3.8, 4) is 11.1 Å². The SMILES string of the molecule is CC[C@H](C)n1c(=O)[nH]c2cc(-c3cc(C)cc(F)c3C)cnc21. The van der Waals surface area contributed by atoms with E-state index >= 15 is 0 Å². The molecule has 0 aliphatic carbocycles. The van der Waals surface area contributed by atoms with E-state index in [4.69, 9.17) is 0 Å². The zero-order chi connectivity index (χ0) is 16.7. The van der Waals surface area contributed by atoms with Gasteiger partial charge in [-0.25, -0.2) is 14.2 Å². The lowest BCUT2D eigenvalue weighted by molar-refractivity contribution is 0.526. The van der Waals surface area contributed by atoms with Gasteiger partial charge in [0.05, 0.1) is 5.52 Å². The Morgan fingerprint density at radius 1 is 1.30 bits per heavy atom. The molecule has 0 bridgehead atoms. The summed E-state index contributed by atoms with van der Waals surface area (Å²) in [7, 11) is 0. The Balaban J connectivity index is 2.21. The van der Waals surface area contributed by atoms with Crippen molar-refractivity contribution in [1.82, 2.24) is 14.5 Å². The number of halogens is 1. The molecular formula is C18H20FN3O. The van der Waals surface area contributed by atoms with Crippen molar-refractivity contribution < 1.29 is 4.39 Å². The maximum atomic E-state index is 14.0. The monoisotopic (exact) mass is 313 g/mol. The summed E-state index contributed by atoms with van der Waals surface area (Å²) in [5.41, 5.74) is 4.19. The number of H-pyrrole nitrogens is 1. The molecule has 0 amide bonds. The van der Waals surface area contributed by atoms with E-state index in [1.54, 1.807) is 17.7 Å². The van der Waals surface area contributed by atoms with Gasteiger partial charge in [-0.1, -0.05) is 13.0 Å². The second-order valence-electron chi connectivity index (χ2n) is 6.07. The molecule has 4 nitrogen and oxygen atoms in total. The summed E-state index contributed by atoms with van der Waals surface area (Å²) in [5.74, 6) is -0.231. The Hall–Kier alpha value is -2.43. The summed E-state index contributed by atoms with van der Waals surface area (Å²) in [5, 5.41) is 0. The summed E-state index contributed by atoms with van der Waals surface area (Å²) in [4.78, 5) is 19.5. The number of aromatic amines is 1. The van der Waals surface area contributed by atoms with Crippen LogP contribution >= 0.6 is 0 Å². The Kier molecular flexibility index (Phi) is 3.80. The second kappa shape index (κ2) is 5.65. The van der Waals surface area contributed by atoms with Crippen LogP contribution in [0.2, 0.25) is 0 Å². The van der Waals surface area contributed by atoms with Crippen LogP contribution in [-0.4, -0.2) is 14.5 Å². The fraction of sp³-hybridized carbons (Fsp3) is 0.333. The van der Waals surface area contributed by atoms with E-state index in [1.165, 1.54) is 6.07 Å². The van der Waals surface area contributed by atoms with Crippen molar-refractivity contribution in [3.63, 3.8) is 0 Å². The third-order valence-corrected chi connectivity index (χ3v) is 4.39. The number of rotatable bonds is 3. The first kappa shape index (κ1) is 15.5. The Labute approximate surface area is 134 Å². The van der Waals surface area contributed by atoms with Crippen LogP contribution in [0.4, 0.5) is 4.39 Å². The number of aryl methyl sites for hydroxylation is 1. The minimum Gasteiger partial charge on any atom is -0.304 e. The van der Waals surface area contributed by atoms with Crippen molar-refractivity contribution in [2.45, 2.75) is 40.2 Å². The molecule has 3 aromatic rings. The molecule has 1 atom stereocenters. The topological polar surface area (TPSA) is 50.7 Å². The van der Waals surface area contributed by atoms with E-state index < -0.39 is 0 Å². The third kappa shape index (κ3) is 2.56. The van der Waals surface area contributed by atoms with Crippen LogP contribution in [0.15, 0.2) is 29.2 Å². The molecule has 1 aromatic carbocycles. The molecule has 3 rings (SSSR count). The Bertz CT molecular complexity index is 939. The van der Waals surface area contributed by atoms with Gasteiger partial charge < -0.3 is 4.98 Å². The van der Waals surface area contributed by atoms with Gasteiger partial charge in [-0.05, 0) is 56.0 Å². The van der Waals surface area contributed by atoms with E-state index in [0.717, 1.165) is 23.1 Å². The number of hydrogen-bond donors (Lipinski definition) is 1. The molecule has 0 unspecified atom stereocenters. The van der Waals surface area contributed by atoms with Gasteiger partial charge in [0.15, 0.2) is 5.65 Å². The normalized spacial score (nSPS) is 12.7. The number of imidazole rings is 1. The van der Waals surface area contributed by atoms with Crippen LogP contribution in [0.1, 0.15) is 37.4 Å². The number of aromatic nitrogens is 3. The lowest BCUT2D eigenvalue weighted by atomic mass is 9.99. The molecule has 1 N–H and O–H groups in total. The largest absolute Gasteiger partial charge is 0.327 e. The first-order valence-corrected chi connectivity index (χ1v) is 7.79. The highest BCUT2D eigenvalue weighted by atomic mass is 19.1. The molecule has 0 spiro atoms. The van der Waals surface area contributed by atoms with E-state index in [-0.39, 0.29) is 17.5 Å². The molecule has 120 valence electrons. The van der Waals surface area contributed by atoms with Crippen molar-refractivity contribution >= 4 is 11.2 Å². The van der Waals surface area contributed by atoms with Gasteiger partial charge in [0.2, 0.25) is 0 Å². The van der Waals surface area contributed by atoms with Crippen LogP contribution in [0.5, 0.6) is 0 Å². The number of nitrogens with one attached hydrogen (secondary N) is 1. The molecule has 0 saturated carbocycles. The van der Waals surface area contributed by atoms with Crippen molar-refractivity contribution in [2.75, 3.05) is 0 Å². The molecule has 0 fully saturated rings. The average Bonchev–Trinajstić information content (AvgIpc) is 2.85. The zero-order valence-electron chi connectivity index (χ0n) is 13.8. The molecule has 0 aliphatic rings. The number of pyridine rings is 1. The van der Waals surface area contributed by atoms with Gasteiger partial charge in [0.25, 0.3) is 0 Å². The fourth-order valence-corrected chi connectivity index (χ4v) is 2.87. The van der Waals surface area contributed by atoms with Gasteiger partial charge in [-0.2, -0.15) is 0 Å². The van der Waals surface area contributed by atoms with Gasteiger partial charge in [0.1, 0.15) is 5.82 Å². The fourth-order valence-electron chi connectivity index (χ4n) is 2.87. The van der Waals surface area contributed by atoms with E-state index in [0.29, 0.717) is 16.7 Å². The van der Waals surface area contributed by atoms with E-state index in [9.17, 15) is 9.18 Å². The minimum atomic E-state index is -0.231. The van der Waals surface area contributed by atoms with Crippen molar-refractivity contribution in [3.05, 3.63) is 51.8 Å². The molecule has 0 aliphatic heterocycles. The Morgan fingerprint density at radius 2 is 2.04 bits per heavy atom. The lowest BCUT2D eigenvalue weighted by Gasteiger charge is -2.11. The average molecular weight is 313 g/mol. The predicted molar refractivity (Wildman–Crippen MR) is 90.2 cm³/mol. The summed E-state index contributed by atoms with van der Waals surface area (Å²) >= 11 is 0. The Morgan fingerprint density at radius 3 is 2.74 bits per heavy atom. The van der Waals surface area contributed by atoms with Crippen LogP contribution in [0, 0.1) is 19.7 Å². The van der Waals surface area contributed by atoms with Crippen LogP contribution in [-0.2, 0) is 0 Å².